The maximum atomic E-state index is 13.5. The van der Waals surface area contributed by atoms with Gasteiger partial charge in [0.1, 0.15) is 5.56 Å². The highest BCUT2D eigenvalue weighted by Gasteiger charge is 2.27. The molecule has 0 amide bonds. The van der Waals surface area contributed by atoms with Gasteiger partial charge in [-0.15, -0.1) is 0 Å². The molecule has 31 heavy (non-hydrogen) atoms. The molecule has 0 aliphatic rings. The monoisotopic (exact) mass is 427 g/mol. The van der Waals surface area contributed by atoms with E-state index in [1.165, 1.54) is 23.0 Å². The molecule has 0 atom stereocenters. The number of nitrogens with zero attached hydrogens (tertiary/aromatic N) is 3. The van der Waals surface area contributed by atoms with Crippen LogP contribution < -0.4 is 4.74 Å². The quantitative estimate of drug-likeness (QED) is 0.251. The molecule has 8 heteroatoms. The minimum atomic E-state index is -0.471. The normalized spacial score (nSPS) is 10.8. The van der Waals surface area contributed by atoms with Crippen molar-refractivity contribution in [1.82, 2.24) is 9.78 Å². The molecule has 0 N–H and O–H groups in total. The van der Waals surface area contributed by atoms with Crippen molar-refractivity contribution in [2.45, 2.75) is 61.4 Å². The second kappa shape index (κ2) is 9.68. The molecular weight excluding hydrogens is 398 g/mol. The van der Waals surface area contributed by atoms with Crippen LogP contribution in [0.3, 0.4) is 0 Å². The summed E-state index contributed by atoms with van der Waals surface area (Å²) in [5, 5.41) is 15.8. The summed E-state index contributed by atoms with van der Waals surface area (Å²) < 4.78 is 6.96. The molecule has 8 nitrogen and oxygen atoms in total. The van der Waals surface area contributed by atoms with Crippen molar-refractivity contribution in [2.75, 3.05) is 0 Å². The van der Waals surface area contributed by atoms with Gasteiger partial charge in [0.2, 0.25) is 5.88 Å². The maximum Gasteiger partial charge on any atom is 0.312 e. The van der Waals surface area contributed by atoms with Crippen LogP contribution in [0.1, 0.15) is 75.0 Å². The fourth-order valence-corrected chi connectivity index (χ4v) is 3.26. The molecule has 0 bridgehead atoms. The van der Waals surface area contributed by atoms with Crippen molar-refractivity contribution in [3.05, 3.63) is 56.3 Å². The lowest BCUT2D eigenvalue weighted by atomic mass is 9.90. The summed E-state index contributed by atoms with van der Waals surface area (Å²) in [5.74, 6) is -0.552. The van der Waals surface area contributed by atoms with Crippen LogP contribution in [0.5, 0.6) is 5.88 Å². The molecule has 0 saturated heterocycles. The van der Waals surface area contributed by atoms with Crippen molar-refractivity contribution in [3.63, 3.8) is 0 Å². The number of benzene rings is 1. The Morgan fingerprint density at radius 1 is 1.19 bits per heavy atom. The summed E-state index contributed by atoms with van der Waals surface area (Å²) in [6.45, 7) is 13.3. The third-order valence-corrected chi connectivity index (χ3v) is 5.08. The fourth-order valence-electron chi connectivity index (χ4n) is 3.26. The van der Waals surface area contributed by atoms with E-state index >= 15 is 0 Å². The van der Waals surface area contributed by atoms with E-state index in [1.807, 2.05) is 27.7 Å². The summed E-state index contributed by atoms with van der Waals surface area (Å²) in [7, 11) is 0. The molecule has 0 aliphatic heterocycles. The number of nitro benzene ring substituents is 1. The van der Waals surface area contributed by atoms with Crippen molar-refractivity contribution < 1.29 is 19.2 Å². The fraction of sp³-hybridized carbons (Fsp3) is 0.435. The minimum absolute atomic E-state index is 0.0547. The lowest BCUT2D eigenvalue weighted by molar-refractivity contribution is -0.385. The molecule has 1 aromatic heterocycles. The van der Waals surface area contributed by atoms with E-state index in [0.717, 1.165) is 11.1 Å². The van der Waals surface area contributed by atoms with Gasteiger partial charge in [-0.3, -0.25) is 19.7 Å². The average Bonchev–Trinajstić information content (AvgIpc) is 3.07. The van der Waals surface area contributed by atoms with Crippen LogP contribution in [0.2, 0.25) is 0 Å². The van der Waals surface area contributed by atoms with Crippen LogP contribution in [0.15, 0.2) is 23.9 Å². The number of esters is 1. The van der Waals surface area contributed by atoms with E-state index in [1.54, 1.807) is 20.8 Å². The molecule has 2 rings (SSSR count). The van der Waals surface area contributed by atoms with Crippen LogP contribution in [0.25, 0.3) is 5.57 Å². The first-order chi connectivity index (χ1) is 14.5. The van der Waals surface area contributed by atoms with Gasteiger partial charge in [0.05, 0.1) is 16.7 Å². The Labute approximate surface area is 182 Å². The first-order valence-corrected chi connectivity index (χ1v) is 10.2. The Morgan fingerprint density at radius 2 is 1.84 bits per heavy atom. The summed E-state index contributed by atoms with van der Waals surface area (Å²) in [5.41, 5.74) is 2.99. The van der Waals surface area contributed by atoms with Crippen molar-refractivity contribution in [2.24, 2.45) is 5.92 Å². The summed E-state index contributed by atoms with van der Waals surface area (Å²) >= 11 is 0. The van der Waals surface area contributed by atoms with Crippen molar-refractivity contribution in [3.8, 4) is 5.88 Å². The second-order valence-electron chi connectivity index (χ2n) is 8.11. The highest BCUT2D eigenvalue weighted by Crippen LogP contribution is 2.34. The molecular formula is C23H29N3O5. The Morgan fingerprint density at radius 3 is 2.35 bits per heavy atom. The van der Waals surface area contributed by atoms with Gasteiger partial charge < -0.3 is 4.74 Å². The largest absolute Gasteiger partial charge is 0.407 e. The Balaban J connectivity index is 2.68. The van der Waals surface area contributed by atoms with Crippen molar-refractivity contribution in [1.29, 1.82) is 0 Å². The number of rotatable bonds is 8. The highest BCUT2D eigenvalue weighted by molar-refractivity contribution is 6.12. The summed E-state index contributed by atoms with van der Waals surface area (Å²) in [4.78, 5) is 36.6. The molecule has 0 radical (unpaired) electrons. The van der Waals surface area contributed by atoms with E-state index in [-0.39, 0.29) is 29.5 Å². The van der Waals surface area contributed by atoms with Crippen LogP contribution in [0.4, 0.5) is 5.69 Å². The zero-order valence-electron chi connectivity index (χ0n) is 19.1. The van der Waals surface area contributed by atoms with Crippen molar-refractivity contribution >= 4 is 23.0 Å². The third-order valence-electron chi connectivity index (χ3n) is 5.08. The third kappa shape index (κ3) is 5.07. The molecule has 1 heterocycles. The number of hydrogen-bond acceptors (Lipinski definition) is 6. The average molecular weight is 428 g/mol. The topological polar surface area (TPSA) is 104 Å². The van der Waals surface area contributed by atoms with Gasteiger partial charge >= 0.3 is 5.97 Å². The molecule has 166 valence electrons. The maximum absolute atomic E-state index is 13.5. The molecule has 1 aromatic carbocycles. The number of carbonyl (C=O) groups excluding carboxylic acids is 2. The van der Waals surface area contributed by atoms with Crippen LogP contribution in [-0.4, -0.2) is 26.5 Å². The zero-order valence-corrected chi connectivity index (χ0v) is 19.1. The number of aromatic nitrogens is 2. The van der Waals surface area contributed by atoms with Crippen LogP contribution in [-0.2, 0) is 11.3 Å². The summed E-state index contributed by atoms with van der Waals surface area (Å²) in [6, 6.07) is 2.79. The van der Waals surface area contributed by atoms with Gasteiger partial charge in [0, 0.05) is 24.6 Å². The van der Waals surface area contributed by atoms with Crippen LogP contribution >= 0.6 is 0 Å². The number of ether oxygens (including phenoxy) is 1. The lowest BCUT2D eigenvalue weighted by Gasteiger charge is -2.14. The Bertz CT molecular complexity index is 1060. The highest BCUT2D eigenvalue weighted by atomic mass is 16.6. The van der Waals surface area contributed by atoms with Gasteiger partial charge in [-0.1, -0.05) is 26.3 Å². The van der Waals surface area contributed by atoms with E-state index in [0.29, 0.717) is 23.2 Å². The van der Waals surface area contributed by atoms with E-state index in [2.05, 4.69) is 5.10 Å². The SMILES string of the molecule is CCC(=O)Oc1c(C(=O)c2ccc([N+](=O)[O-])c(C(C)=C(C)C)c2C)cnn1CC(C)C. The molecule has 0 spiro atoms. The van der Waals surface area contributed by atoms with Gasteiger partial charge in [-0.05, 0) is 50.8 Å². The van der Waals surface area contributed by atoms with Crippen LogP contribution in [0, 0.1) is 23.0 Å². The van der Waals surface area contributed by atoms with Gasteiger partial charge in [0.25, 0.3) is 5.69 Å². The molecule has 2 aromatic rings. The van der Waals surface area contributed by atoms with E-state index in [4.69, 9.17) is 4.74 Å². The first kappa shape index (κ1) is 24.0. The first-order valence-electron chi connectivity index (χ1n) is 10.2. The number of ketones is 1. The predicted molar refractivity (Wildman–Crippen MR) is 118 cm³/mol. The van der Waals surface area contributed by atoms with E-state index < -0.39 is 16.7 Å². The zero-order chi connectivity index (χ0) is 23.5. The van der Waals surface area contributed by atoms with Gasteiger partial charge in [-0.25, -0.2) is 4.68 Å². The van der Waals surface area contributed by atoms with Gasteiger partial charge in [0.15, 0.2) is 5.78 Å². The Hall–Kier alpha value is -3.29. The number of hydrogen-bond donors (Lipinski definition) is 0. The number of carbonyl (C=O) groups is 2. The Kier molecular flexibility index (Phi) is 7.49. The molecule has 0 fully saturated rings. The molecule has 0 aliphatic carbocycles. The standard InChI is InChI=1S/C23H29N3O5/c1-8-20(27)31-23-18(11-24-25(23)12-13(2)3)22(28)17-9-10-19(26(29)30)21(16(17)7)15(6)14(4)5/h9-11,13H,8,12H2,1-7H3. The summed E-state index contributed by atoms with van der Waals surface area (Å²) in [6.07, 6.45) is 1.54. The lowest BCUT2D eigenvalue weighted by Crippen LogP contribution is -2.16. The molecule has 0 saturated carbocycles. The molecule has 0 unspecified atom stereocenters. The second-order valence-corrected chi connectivity index (χ2v) is 8.11. The number of allylic oxidation sites excluding steroid dienone is 2. The smallest absolute Gasteiger partial charge is 0.312 e. The van der Waals surface area contributed by atoms with Gasteiger partial charge in [-0.2, -0.15) is 5.10 Å². The predicted octanol–water partition coefficient (Wildman–Crippen LogP) is 5.12. The van der Waals surface area contributed by atoms with E-state index in [9.17, 15) is 19.7 Å². The number of nitro groups is 1. The minimum Gasteiger partial charge on any atom is -0.407 e.